The molecule has 1 rings (SSSR count). The highest BCUT2D eigenvalue weighted by Gasteiger charge is 2.14. The number of nitrogens with one attached hydrogen (secondary N) is 1. The van der Waals surface area contributed by atoms with Crippen LogP contribution in [0.3, 0.4) is 0 Å². The van der Waals surface area contributed by atoms with Crippen molar-refractivity contribution in [2.24, 2.45) is 0 Å². The fourth-order valence-corrected chi connectivity index (χ4v) is 2.92. The molecule has 4 nitrogen and oxygen atoms in total. The molecule has 0 aliphatic rings. The molecule has 106 valence electrons. The van der Waals surface area contributed by atoms with Gasteiger partial charge in [0, 0.05) is 33.3 Å². The third-order valence-electron chi connectivity index (χ3n) is 2.77. The molecule has 0 aromatic heterocycles. The number of carbonyl (C=O) groups excluding carboxylic acids is 1. The summed E-state index contributed by atoms with van der Waals surface area (Å²) in [6, 6.07) is 7.59. The number of para-hydroxylation sites is 1. The Hall–Kier alpha value is -0.720. The van der Waals surface area contributed by atoms with Gasteiger partial charge < -0.3 is 5.32 Å². The largest absolute Gasteiger partial charge is 0.324 e. The number of halogens is 1. The molecule has 1 aromatic rings. The van der Waals surface area contributed by atoms with Crippen LogP contribution in [0.4, 0.5) is 5.69 Å². The molecule has 0 aliphatic carbocycles. The number of benzene rings is 1. The lowest BCUT2D eigenvalue weighted by Gasteiger charge is -2.23. The van der Waals surface area contributed by atoms with Gasteiger partial charge in [0.05, 0.1) is 12.2 Å². The molecular formula is C13H19BrN2O2S. The monoisotopic (exact) mass is 346 g/mol. The standard InChI is InChI=1S/C13H19BrN2O2S/c1-10(9-19(3)18)16(2)8-13(17)15-12-7-5-4-6-11(12)14/h4-7,10H,8-9H2,1-3H3,(H,15,17)/t10-,19+/m0/s1. The lowest BCUT2D eigenvalue weighted by molar-refractivity contribution is -0.117. The zero-order chi connectivity index (χ0) is 14.4. The molecule has 1 amide bonds. The fraction of sp³-hybridized carbons (Fsp3) is 0.462. The summed E-state index contributed by atoms with van der Waals surface area (Å²) in [5.41, 5.74) is 0.757. The molecule has 0 saturated carbocycles. The first-order valence-electron chi connectivity index (χ1n) is 5.94. The number of rotatable bonds is 6. The second-order valence-corrected chi connectivity index (χ2v) is 6.87. The maximum Gasteiger partial charge on any atom is 0.238 e. The van der Waals surface area contributed by atoms with E-state index in [9.17, 15) is 9.00 Å². The van der Waals surface area contributed by atoms with E-state index in [1.807, 2.05) is 43.1 Å². The minimum atomic E-state index is -0.854. The SMILES string of the molecule is C[C@@H](C[S@@](C)=O)N(C)CC(=O)Nc1ccccc1Br. The van der Waals surface area contributed by atoms with Crippen LogP contribution in [-0.2, 0) is 15.6 Å². The van der Waals surface area contributed by atoms with E-state index in [4.69, 9.17) is 0 Å². The van der Waals surface area contributed by atoms with Crippen molar-refractivity contribution in [2.75, 3.05) is 30.9 Å². The number of likely N-dealkylation sites (N-methyl/N-ethyl adjacent to an activating group) is 1. The summed E-state index contributed by atoms with van der Waals surface area (Å²) >= 11 is 3.38. The van der Waals surface area contributed by atoms with Gasteiger partial charge in [-0.25, -0.2) is 0 Å². The van der Waals surface area contributed by atoms with Gasteiger partial charge in [0.15, 0.2) is 0 Å². The van der Waals surface area contributed by atoms with Gasteiger partial charge in [-0.15, -0.1) is 0 Å². The van der Waals surface area contributed by atoms with Crippen LogP contribution in [0.5, 0.6) is 0 Å². The first-order valence-corrected chi connectivity index (χ1v) is 8.47. The summed E-state index contributed by atoms with van der Waals surface area (Å²) in [5.74, 6) is 0.488. The predicted molar refractivity (Wildman–Crippen MR) is 83.8 cm³/mol. The number of nitrogens with zero attached hydrogens (tertiary/aromatic N) is 1. The summed E-state index contributed by atoms with van der Waals surface area (Å²) in [6.07, 6.45) is 1.67. The molecule has 0 heterocycles. The number of carbonyl (C=O) groups is 1. The Labute approximate surface area is 125 Å². The van der Waals surface area contributed by atoms with E-state index in [1.54, 1.807) is 6.26 Å². The maximum atomic E-state index is 11.9. The second-order valence-electron chi connectivity index (χ2n) is 4.53. The zero-order valence-corrected chi connectivity index (χ0v) is 13.8. The molecule has 1 N–H and O–H groups in total. The summed E-state index contributed by atoms with van der Waals surface area (Å²) < 4.78 is 12.0. The summed E-state index contributed by atoms with van der Waals surface area (Å²) in [5, 5.41) is 2.85. The number of hydrogen-bond donors (Lipinski definition) is 1. The van der Waals surface area contributed by atoms with E-state index in [1.165, 1.54) is 0 Å². The fourth-order valence-electron chi connectivity index (χ4n) is 1.60. The lowest BCUT2D eigenvalue weighted by atomic mass is 10.3. The van der Waals surface area contributed by atoms with E-state index in [-0.39, 0.29) is 18.5 Å². The van der Waals surface area contributed by atoms with Crippen molar-refractivity contribution in [3.8, 4) is 0 Å². The van der Waals surface area contributed by atoms with Crippen LogP contribution in [0, 0.1) is 0 Å². The van der Waals surface area contributed by atoms with Crippen LogP contribution in [0.1, 0.15) is 6.92 Å². The van der Waals surface area contributed by atoms with E-state index in [0.717, 1.165) is 10.2 Å². The Morgan fingerprint density at radius 1 is 1.47 bits per heavy atom. The quantitative estimate of drug-likeness (QED) is 0.857. The van der Waals surface area contributed by atoms with E-state index in [0.29, 0.717) is 5.75 Å². The second kappa shape index (κ2) is 7.77. The lowest BCUT2D eigenvalue weighted by Crippen LogP contribution is -2.39. The normalized spacial score (nSPS) is 14.2. The molecule has 0 spiro atoms. The molecule has 0 aliphatic heterocycles. The van der Waals surface area contributed by atoms with Gasteiger partial charge in [-0.05, 0) is 42.0 Å². The minimum Gasteiger partial charge on any atom is -0.324 e. The first kappa shape index (κ1) is 16.3. The molecule has 0 fully saturated rings. The van der Waals surface area contributed by atoms with E-state index < -0.39 is 10.8 Å². The van der Waals surface area contributed by atoms with Crippen molar-refractivity contribution in [3.05, 3.63) is 28.7 Å². The smallest absolute Gasteiger partial charge is 0.238 e. The van der Waals surface area contributed by atoms with Crippen molar-refractivity contribution < 1.29 is 9.00 Å². The highest BCUT2D eigenvalue weighted by Crippen LogP contribution is 2.20. The Bertz CT molecular complexity index is 468. The van der Waals surface area contributed by atoms with Crippen LogP contribution in [0.2, 0.25) is 0 Å². The number of anilines is 1. The minimum absolute atomic E-state index is 0.0804. The van der Waals surface area contributed by atoms with E-state index >= 15 is 0 Å². The van der Waals surface area contributed by atoms with Crippen LogP contribution in [0.25, 0.3) is 0 Å². The summed E-state index contributed by atoms with van der Waals surface area (Å²) in [6.45, 7) is 2.24. The molecule has 2 atom stereocenters. The molecule has 19 heavy (non-hydrogen) atoms. The highest BCUT2D eigenvalue weighted by molar-refractivity contribution is 9.10. The van der Waals surface area contributed by atoms with Gasteiger partial charge in [-0.1, -0.05) is 12.1 Å². The van der Waals surface area contributed by atoms with Gasteiger partial charge in [0.1, 0.15) is 0 Å². The molecule has 0 unspecified atom stereocenters. The van der Waals surface area contributed by atoms with Gasteiger partial charge in [-0.2, -0.15) is 0 Å². The molecular weight excluding hydrogens is 328 g/mol. The van der Waals surface area contributed by atoms with Crippen LogP contribution in [-0.4, -0.2) is 46.7 Å². The van der Waals surface area contributed by atoms with Crippen molar-refractivity contribution in [2.45, 2.75) is 13.0 Å². The topological polar surface area (TPSA) is 49.4 Å². The third-order valence-corrected chi connectivity index (χ3v) is 4.41. The van der Waals surface area contributed by atoms with Crippen LogP contribution < -0.4 is 5.32 Å². The van der Waals surface area contributed by atoms with Gasteiger partial charge in [0.2, 0.25) is 5.91 Å². The zero-order valence-electron chi connectivity index (χ0n) is 11.4. The Kier molecular flexibility index (Phi) is 6.68. The van der Waals surface area contributed by atoms with Crippen molar-refractivity contribution in [3.63, 3.8) is 0 Å². The van der Waals surface area contributed by atoms with Crippen LogP contribution in [0.15, 0.2) is 28.7 Å². The maximum absolute atomic E-state index is 11.9. The molecule has 0 bridgehead atoms. The molecule has 0 radical (unpaired) electrons. The molecule has 6 heteroatoms. The van der Waals surface area contributed by atoms with E-state index in [2.05, 4.69) is 21.2 Å². The Morgan fingerprint density at radius 2 is 2.11 bits per heavy atom. The third kappa shape index (κ3) is 5.84. The predicted octanol–water partition coefficient (Wildman–Crippen LogP) is 2.09. The Balaban J connectivity index is 2.51. The average molecular weight is 347 g/mol. The molecule has 0 saturated heterocycles. The number of amides is 1. The van der Waals surface area contributed by atoms with Crippen LogP contribution >= 0.6 is 15.9 Å². The Morgan fingerprint density at radius 3 is 2.68 bits per heavy atom. The number of hydrogen-bond acceptors (Lipinski definition) is 3. The molecule has 1 aromatic carbocycles. The van der Waals surface area contributed by atoms with Crippen molar-refractivity contribution >= 4 is 38.3 Å². The van der Waals surface area contributed by atoms with Crippen molar-refractivity contribution in [1.82, 2.24) is 4.90 Å². The average Bonchev–Trinajstić information content (AvgIpc) is 2.31. The highest BCUT2D eigenvalue weighted by atomic mass is 79.9. The summed E-state index contributed by atoms with van der Waals surface area (Å²) in [7, 11) is 1.00. The van der Waals surface area contributed by atoms with Gasteiger partial charge in [-0.3, -0.25) is 13.9 Å². The summed E-state index contributed by atoms with van der Waals surface area (Å²) in [4.78, 5) is 13.8. The van der Waals surface area contributed by atoms with Gasteiger partial charge >= 0.3 is 0 Å². The van der Waals surface area contributed by atoms with Gasteiger partial charge in [0.25, 0.3) is 0 Å². The first-order chi connectivity index (χ1) is 8.90. The van der Waals surface area contributed by atoms with Crippen molar-refractivity contribution in [1.29, 1.82) is 0 Å².